The van der Waals surface area contributed by atoms with Gasteiger partial charge in [-0.15, -0.1) is 0 Å². The normalized spacial score (nSPS) is 30.1. The molecule has 2 fully saturated rings. The van der Waals surface area contributed by atoms with Crippen molar-refractivity contribution in [2.24, 2.45) is 28.1 Å². The molecule has 0 heterocycles. The molecule has 0 atom stereocenters. The molecular weight excluding hydrogens is 254 g/mol. The summed E-state index contributed by atoms with van der Waals surface area (Å²) in [6, 6.07) is 0. The van der Waals surface area contributed by atoms with E-state index >= 15 is 0 Å². The Morgan fingerprint density at radius 2 is 1.90 bits per heavy atom. The maximum Gasteiger partial charge on any atom is 0.233 e. The van der Waals surface area contributed by atoms with Crippen LogP contribution in [0.15, 0.2) is 5.16 Å². The van der Waals surface area contributed by atoms with Crippen molar-refractivity contribution < 1.29 is 10.0 Å². The Kier molecular flexibility index (Phi) is 4.89. The SMILES string of the molecule is CC1CCC(CNC(=O)C2(C(N)=NO)CCCC2)CC1. The monoisotopic (exact) mass is 281 g/mol. The highest BCUT2D eigenvalue weighted by Crippen LogP contribution is 2.38. The second-order valence-electron chi connectivity index (χ2n) is 6.61. The summed E-state index contributed by atoms with van der Waals surface area (Å²) >= 11 is 0. The molecule has 0 spiro atoms. The van der Waals surface area contributed by atoms with Crippen LogP contribution in [0.4, 0.5) is 0 Å². The largest absolute Gasteiger partial charge is 0.409 e. The third-order valence-corrected chi connectivity index (χ3v) is 5.18. The Bertz CT molecular complexity index is 367. The lowest BCUT2D eigenvalue weighted by molar-refractivity contribution is -0.127. The lowest BCUT2D eigenvalue weighted by Crippen LogP contribution is -2.49. The van der Waals surface area contributed by atoms with Gasteiger partial charge < -0.3 is 16.3 Å². The maximum absolute atomic E-state index is 12.5. The molecule has 0 radical (unpaired) electrons. The fourth-order valence-corrected chi connectivity index (χ4v) is 3.61. The number of nitrogens with zero attached hydrogens (tertiary/aromatic N) is 1. The number of nitrogens with two attached hydrogens (primary N) is 1. The van der Waals surface area contributed by atoms with Gasteiger partial charge in [0.15, 0.2) is 5.84 Å². The van der Waals surface area contributed by atoms with Crippen molar-refractivity contribution in [2.45, 2.75) is 58.3 Å². The average molecular weight is 281 g/mol. The van der Waals surface area contributed by atoms with E-state index in [0.717, 1.165) is 25.3 Å². The average Bonchev–Trinajstić information content (AvgIpc) is 2.96. The van der Waals surface area contributed by atoms with E-state index < -0.39 is 5.41 Å². The molecule has 5 nitrogen and oxygen atoms in total. The van der Waals surface area contributed by atoms with Crippen LogP contribution >= 0.6 is 0 Å². The smallest absolute Gasteiger partial charge is 0.233 e. The molecule has 2 aliphatic carbocycles. The minimum absolute atomic E-state index is 0.0519. The van der Waals surface area contributed by atoms with Crippen LogP contribution in [0.2, 0.25) is 0 Å². The van der Waals surface area contributed by atoms with Crippen LogP contribution in [0.1, 0.15) is 58.3 Å². The van der Waals surface area contributed by atoms with E-state index in [1.54, 1.807) is 0 Å². The molecule has 0 bridgehead atoms. The van der Waals surface area contributed by atoms with Gasteiger partial charge in [-0.3, -0.25) is 4.79 Å². The predicted octanol–water partition coefficient (Wildman–Crippen LogP) is 2.24. The molecule has 20 heavy (non-hydrogen) atoms. The Morgan fingerprint density at radius 1 is 1.30 bits per heavy atom. The van der Waals surface area contributed by atoms with E-state index in [2.05, 4.69) is 17.4 Å². The molecule has 0 unspecified atom stereocenters. The number of nitrogens with one attached hydrogen (secondary N) is 1. The van der Waals surface area contributed by atoms with Crippen LogP contribution < -0.4 is 11.1 Å². The van der Waals surface area contributed by atoms with E-state index in [-0.39, 0.29) is 11.7 Å². The second-order valence-corrected chi connectivity index (χ2v) is 6.61. The first-order chi connectivity index (χ1) is 9.58. The van der Waals surface area contributed by atoms with Crippen molar-refractivity contribution in [1.29, 1.82) is 0 Å². The van der Waals surface area contributed by atoms with Gasteiger partial charge in [0.1, 0.15) is 5.41 Å². The first kappa shape index (κ1) is 15.1. The zero-order valence-electron chi connectivity index (χ0n) is 12.4. The molecule has 5 heteroatoms. The number of carbonyl (C=O) groups excluding carboxylic acids is 1. The van der Waals surface area contributed by atoms with Crippen molar-refractivity contribution in [1.82, 2.24) is 5.32 Å². The van der Waals surface area contributed by atoms with E-state index in [4.69, 9.17) is 10.9 Å². The third kappa shape index (κ3) is 3.07. The van der Waals surface area contributed by atoms with Crippen LogP contribution in [0, 0.1) is 17.3 Å². The van der Waals surface area contributed by atoms with E-state index in [0.29, 0.717) is 18.8 Å². The van der Waals surface area contributed by atoms with Gasteiger partial charge in [-0.1, -0.05) is 37.8 Å². The number of rotatable bonds is 4. The molecule has 0 aromatic rings. The lowest BCUT2D eigenvalue weighted by atomic mass is 9.81. The van der Waals surface area contributed by atoms with Gasteiger partial charge in [-0.05, 0) is 37.5 Å². The number of amidine groups is 1. The topological polar surface area (TPSA) is 87.7 Å². The number of amides is 1. The molecule has 0 saturated heterocycles. The highest BCUT2D eigenvalue weighted by atomic mass is 16.4. The molecule has 2 saturated carbocycles. The van der Waals surface area contributed by atoms with Crippen LogP contribution in [0.25, 0.3) is 0 Å². The van der Waals surface area contributed by atoms with Gasteiger partial charge in [-0.2, -0.15) is 0 Å². The summed E-state index contributed by atoms with van der Waals surface area (Å²) in [4.78, 5) is 12.5. The standard InChI is InChI=1S/C15H27N3O2/c1-11-4-6-12(7-5-11)10-17-14(19)15(13(16)18-20)8-2-3-9-15/h11-12,20H,2-10H2,1H3,(H2,16,18)(H,17,19). The Hall–Kier alpha value is -1.26. The Labute approximate surface area is 121 Å². The van der Waals surface area contributed by atoms with Crippen molar-refractivity contribution >= 4 is 11.7 Å². The summed E-state index contributed by atoms with van der Waals surface area (Å²) in [5.74, 6) is 1.43. The zero-order valence-corrected chi connectivity index (χ0v) is 12.4. The van der Waals surface area contributed by atoms with Crippen LogP contribution in [0.5, 0.6) is 0 Å². The Morgan fingerprint density at radius 3 is 2.45 bits per heavy atom. The fraction of sp³-hybridized carbons (Fsp3) is 0.867. The summed E-state index contributed by atoms with van der Waals surface area (Å²) in [7, 11) is 0. The molecular formula is C15H27N3O2. The highest BCUT2D eigenvalue weighted by molar-refractivity contribution is 6.07. The number of hydrogen-bond acceptors (Lipinski definition) is 3. The lowest BCUT2D eigenvalue weighted by Gasteiger charge is -2.29. The van der Waals surface area contributed by atoms with Crippen LogP contribution in [-0.2, 0) is 4.79 Å². The second kappa shape index (κ2) is 6.46. The van der Waals surface area contributed by atoms with Gasteiger partial charge in [0, 0.05) is 6.54 Å². The van der Waals surface area contributed by atoms with E-state index in [1.807, 2.05) is 0 Å². The molecule has 114 valence electrons. The van der Waals surface area contributed by atoms with Gasteiger partial charge in [0.2, 0.25) is 5.91 Å². The van der Waals surface area contributed by atoms with Gasteiger partial charge >= 0.3 is 0 Å². The zero-order chi connectivity index (χ0) is 14.6. The summed E-state index contributed by atoms with van der Waals surface area (Å²) in [6.07, 6.45) is 8.20. The quantitative estimate of drug-likeness (QED) is 0.319. The minimum Gasteiger partial charge on any atom is -0.409 e. The summed E-state index contributed by atoms with van der Waals surface area (Å²) in [5.41, 5.74) is 5.01. The maximum atomic E-state index is 12.5. The summed E-state index contributed by atoms with van der Waals surface area (Å²) in [6.45, 7) is 3.02. The van der Waals surface area contributed by atoms with Crippen molar-refractivity contribution in [3.05, 3.63) is 0 Å². The molecule has 0 aromatic carbocycles. The highest BCUT2D eigenvalue weighted by Gasteiger charge is 2.45. The third-order valence-electron chi connectivity index (χ3n) is 5.18. The van der Waals surface area contributed by atoms with Gasteiger partial charge in [-0.25, -0.2) is 0 Å². The first-order valence-corrected chi connectivity index (χ1v) is 7.85. The van der Waals surface area contributed by atoms with Crippen molar-refractivity contribution in [3.63, 3.8) is 0 Å². The molecule has 0 aliphatic heterocycles. The first-order valence-electron chi connectivity index (χ1n) is 7.85. The summed E-state index contributed by atoms with van der Waals surface area (Å²) < 4.78 is 0. The fourth-order valence-electron chi connectivity index (χ4n) is 3.61. The molecule has 2 rings (SSSR count). The molecule has 2 aliphatic rings. The summed E-state index contributed by atoms with van der Waals surface area (Å²) in [5, 5.41) is 15.1. The van der Waals surface area contributed by atoms with Gasteiger partial charge in [0.05, 0.1) is 0 Å². The minimum atomic E-state index is -0.767. The number of oxime groups is 1. The molecule has 0 aromatic heterocycles. The molecule has 1 amide bonds. The van der Waals surface area contributed by atoms with Crippen molar-refractivity contribution in [2.75, 3.05) is 6.54 Å². The van der Waals surface area contributed by atoms with Crippen LogP contribution in [-0.4, -0.2) is 23.5 Å². The van der Waals surface area contributed by atoms with Crippen molar-refractivity contribution in [3.8, 4) is 0 Å². The van der Waals surface area contributed by atoms with Crippen LogP contribution in [0.3, 0.4) is 0 Å². The number of hydrogen-bond donors (Lipinski definition) is 3. The predicted molar refractivity (Wildman–Crippen MR) is 78.4 cm³/mol. The van der Waals surface area contributed by atoms with E-state index in [9.17, 15) is 4.79 Å². The van der Waals surface area contributed by atoms with E-state index in [1.165, 1.54) is 25.7 Å². The number of carbonyl (C=O) groups is 1. The molecule has 4 N–H and O–H groups in total. The Balaban J connectivity index is 1.90. The van der Waals surface area contributed by atoms with Gasteiger partial charge in [0.25, 0.3) is 0 Å².